The van der Waals surface area contributed by atoms with Crippen LogP contribution in [0.4, 0.5) is 4.39 Å². The Hall–Kier alpha value is -1.71. The van der Waals surface area contributed by atoms with Crippen molar-refractivity contribution in [1.82, 2.24) is 4.90 Å². The summed E-state index contributed by atoms with van der Waals surface area (Å²) in [5.74, 6) is 0. The number of hydrogen-bond donors (Lipinski definition) is 0. The van der Waals surface area contributed by atoms with Crippen LogP contribution in [0, 0.1) is 0 Å². The Kier molecular flexibility index (Phi) is 3.92. The predicted molar refractivity (Wildman–Crippen MR) is 88.9 cm³/mol. The molecule has 1 spiro atoms. The maximum absolute atomic E-state index is 13.3. The molecule has 2 aromatic rings. The van der Waals surface area contributed by atoms with E-state index >= 15 is 0 Å². The summed E-state index contributed by atoms with van der Waals surface area (Å²) in [7, 11) is 0. The van der Waals surface area contributed by atoms with Gasteiger partial charge in [0.2, 0.25) is 0 Å². The van der Waals surface area contributed by atoms with Crippen LogP contribution in [0.2, 0.25) is 0 Å². The first-order valence-electron chi connectivity index (χ1n) is 8.40. The van der Waals surface area contributed by atoms with Crippen LogP contribution in [0.15, 0.2) is 54.6 Å². The van der Waals surface area contributed by atoms with Crippen molar-refractivity contribution in [3.05, 3.63) is 71.3 Å². The van der Waals surface area contributed by atoms with E-state index in [4.69, 9.17) is 4.74 Å². The Morgan fingerprint density at radius 2 is 1.70 bits per heavy atom. The molecule has 1 fully saturated rings. The second kappa shape index (κ2) is 6.06. The molecule has 2 aliphatic heterocycles. The molecule has 1 saturated heterocycles. The molecule has 0 N–H and O–H groups in total. The normalized spacial score (nSPS) is 23.1. The zero-order valence-corrected chi connectivity index (χ0v) is 13.2. The predicted octanol–water partition coefficient (Wildman–Crippen LogP) is 4.22. The van der Waals surface area contributed by atoms with E-state index in [9.17, 15) is 4.39 Å². The fraction of sp³-hybridized carbons (Fsp3) is 0.400. The smallest absolute Gasteiger partial charge is 0.120 e. The number of ether oxygens (including phenoxy) is 1. The van der Waals surface area contributed by atoms with Crippen LogP contribution < -0.4 is 0 Å². The van der Waals surface area contributed by atoms with E-state index in [-0.39, 0.29) is 11.7 Å². The van der Waals surface area contributed by atoms with Crippen LogP contribution in [0.3, 0.4) is 0 Å². The average Bonchev–Trinajstić information content (AvgIpc) is 2.92. The highest BCUT2D eigenvalue weighted by Gasteiger charge is 2.46. The molecule has 1 atom stereocenters. The highest BCUT2D eigenvalue weighted by Crippen LogP contribution is 2.49. The van der Waals surface area contributed by atoms with E-state index in [2.05, 4.69) is 41.3 Å². The zero-order valence-electron chi connectivity index (χ0n) is 13.2. The van der Waals surface area contributed by atoms with Gasteiger partial charge in [-0.1, -0.05) is 54.6 Å². The van der Waals surface area contributed by atoms with Gasteiger partial charge < -0.3 is 4.74 Å². The molecule has 3 heteroatoms. The molecule has 23 heavy (non-hydrogen) atoms. The SMILES string of the molecule is [18F]CC1OC2(CCN(Cc3ccccc3)CC2)c2ccccc21. The quantitative estimate of drug-likeness (QED) is 0.841. The van der Waals surface area contributed by atoms with Gasteiger partial charge in [0.05, 0.1) is 5.60 Å². The van der Waals surface area contributed by atoms with Crippen LogP contribution in [0.1, 0.15) is 35.6 Å². The van der Waals surface area contributed by atoms with Crippen molar-refractivity contribution in [2.45, 2.75) is 31.1 Å². The third kappa shape index (κ3) is 2.68. The lowest BCUT2D eigenvalue weighted by molar-refractivity contribution is -0.115. The van der Waals surface area contributed by atoms with Crippen molar-refractivity contribution in [3.8, 4) is 0 Å². The summed E-state index contributed by atoms with van der Waals surface area (Å²) in [5.41, 5.74) is 3.33. The molecular formula is C20H22FNO. The largest absolute Gasteiger partial charge is 0.360 e. The Morgan fingerprint density at radius 3 is 2.43 bits per heavy atom. The molecule has 0 bridgehead atoms. The van der Waals surface area contributed by atoms with Crippen LogP contribution in [-0.4, -0.2) is 24.7 Å². The number of hydrogen-bond acceptors (Lipinski definition) is 2. The van der Waals surface area contributed by atoms with Crippen LogP contribution in [-0.2, 0) is 16.9 Å². The molecule has 2 aliphatic rings. The van der Waals surface area contributed by atoms with Gasteiger partial charge in [-0.15, -0.1) is 0 Å². The number of alkyl halides is 1. The van der Waals surface area contributed by atoms with Gasteiger partial charge in [-0.05, 0) is 29.5 Å². The molecule has 2 nitrogen and oxygen atoms in total. The van der Waals surface area contributed by atoms with Gasteiger partial charge in [0.15, 0.2) is 0 Å². The summed E-state index contributed by atoms with van der Waals surface area (Å²) >= 11 is 0. The van der Waals surface area contributed by atoms with E-state index < -0.39 is 6.67 Å². The number of piperidine rings is 1. The third-order valence-corrected chi connectivity index (χ3v) is 5.22. The van der Waals surface area contributed by atoms with Gasteiger partial charge >= 0.3 is 0 Å². The molecule has 0 radical (unpaired) electrons. The molecule has 120 valence electrons. The van der Waals surface area contributed by atoms with Gasteiger partial charge in [0.25, 0.3) is 0 Å². The van der Waals surface area contributed by atoms with Crippen molar-refractivity contribution in [3.63, 3.8) is 0 Å². The van der Waals surface area contributed by atoms with Gasteiger partial charge in [-0.25, -0.2) is 4.39 Å². The first-order valence-corrected chi connectivity index (χ1v) is 8.40. The monoisotopic (exact) mass is 310 g/mol. The van der Waals surface area contributed by atoms with Crippen molar-refractivity contribution in [1.29, 1.82) is 0 Å². The molecule has 0 aromatic heterocycles. The van der Waals surface area contributed by atoms with Crippen molar-refractivity contribution < 1.29 is 9.13 Å². The second-order valence-electron chi connectivity index (χ2n) is 6.60. The molecule has 4 rings (SSSR count). The summed E-state index contributed by atoms with van der Waals surface area (Å²) in [6.07, 6.45) is 1.49. The summed E-state index contributed by atoms with van der Waals surface area (Å²) in [6, 6.07) is 18.7. The van der Waals surface area contributed by atoms with Gasteiger partial charge in [-0.3, -0.25) is 4.90 Å². The second-order valence-corrected chi connectivity index (χ2v) is 6.60. The highest BCUT2D eigenvalue weighted by atomic mass is 18.2. The van der Waals surface area contributed by atoms with Gasteiger partial charge in [0.1, 0.15) is 12.8 Å². The molecule has 2 heterocycles. The summed E-state index contributed by atoms with van der Waals surface area (Å²) < 4.78 is 19.6. The Bertz CT molecular complexity index is 664. The van der Waals surface area contributed by atoms with Crippen LogP contribution in [0.5, 0.6) is 0 Å². The topological polar surface area (TPSA) is 12.5 Å². The molecule has 0 aliphatic carbocycles. The first kappa shape index (κ1) is 14.9. The lowest BCUT2D eigenvalue weighted by Gasteiger charge is -2.39. The van der Waals surface area contributed by atoms with Crippen molar-refractivity contribution >= 4 is 0 Å². The molecule has 1 unspecified atom stereocenters. The Morgan fingerprint density at radius 1 is 1.00 bits per heavy atom. The lowest BCUT2D eigenvalue weighted by atomic mass is 9.83. The first-order chi connectivity index (χ1) is 11.3. The minimum absolute atomic E-state index is 0.277. The van der Waals surface area contributed by atoms with Gasteiger partial charge in [-0.2, -0.15) is 0 Å². The molecule has 2 aromatic carbocycles. The van der Waals surface area contributed by atoms with Crippen molar-refractivity contribution in [2.75, 3.05) is 19.8 Å². The minimum atomic E-state index is -0.438. The van der Waals surface area contributed by atoms with E-state index in [0.717, 1.165) is 38.0 Å². The number of rotatable bonds is 3. The van der Waals surface area contributed by atoms with Crippen LogP contribution in [0.25, 0.3) is 0 Å². The number of benzene rings is 2. The Labute approximate surface area is 136 Å². The molecule has 0 amide bonds. The molecular weight excluding hydrogens is 288 g/mol. The summed E-state index contributed by atoms with van der Waals surface area (Å²) in [6.45, 7) is 2.52. The standard InChI is InChI=1S/C20H22FNO/c21-14-19-17-8-4-5-9-18(17)20(23-19)10-12-22(13-11-20)15-16-6-2-1-3-7-16/h1-9,19H,10-15H2/i21-1. The highest BCUT2D eigenvalue weighted by molar-refractivity contribution is 5.38. The third-order valence-electron chi connectivity index (χ3n) is 5.22. The number of nitrogens with zero attached hydrogens (tertiary/aromatic N) is 1. The summed E-state index contributed by atoms with van der Waals surface area (Å²) in [4.78, 5) is 2.47. The Balaban J connectivity index is 1.49. The number of likely N-dealkylation sites (tertiary alicyclic amines) is 1. The maximum Gasteiger partial charge on any atom is 0.120 e. The average molecular weight is 310 g/mol. The zero-order chi connectivity index (χ0) is 15.7. The van der Waals surface area contributed by atoms with E-state index in [1.165, 1.54) is 11.1 Å². The fourth-order valence-corrected chi connectivity index (χ4v) is 4.01. The fourth-order valence-electron chi connectivity index (χ4n) is 4.01. The minimum Gasteiger partial charge on any atom is -0.360 e. The summed E-state index contributed by atoms with van der Waals surface area (Å²) in [5, 5.41) is 0. The lowest BCUT2D eigenvalue weighted by Crippen LogP contribution is -2.42. The van der Waals surface area contributed by atoms with E-state index in [1.54, 1.807) is 0 Å². The van der Waals surface area contributed by atoms with Gasteiger partial charge in [0, 0.05) is 19.6 Å². The van der Waals surface area contributed by atoms with Crippen LogP contribution >= 0.6 is 0 Å². The number of halogens is 1. The van der Waals surface area contributed by atoms with E-state index in [0.29, 0.717) is 0 Å². The maximum atomic E-state index is 13.3. The number of fused-ring (bicyclic) bond motifs is 2. The molecule has 0 saturated carbocycles. The van der Waals surface area contributed by atoms with Crippen molar-refractivity contribution in [2.24, 2.45) is 0 Å². The van der Waals surface area contributed by atoms with E-state index in [1.807, 2.05) is 18.2 Å².